The van der Waals surface area contributed by atoms with Crippen LogP contribution in [0, 0.1) is 0 Å². The standard InChI is InChI=1S/C13H18ClNO/c1-3-15-8-11(2)9-16-10-12-6-4-5-7-13(12)14/h4-7,15H,2-3,8-10H2,1H3. The third-order valence-electron chi connectivity index (χ3n) is 2.15. The van der Waals surface area contributed by atoms with E-state index in [1.165, 1.54) is 0 Å². The summed E-state index contributed by atoms with van der Waals surface area (Å²) in [6.07, 6.45) is 0. The van der Waals surface area contributed by atoms with Crippen LogP contribution in [-0.2, 0) is 11.3 Å². The second kappa shape index (κ2) is 7.44. The number of hydrogen-bond acceptors (Lipinski definition) is 2. The smallest absolute Gasteiger partial charge is 0.0735 e. The van der Waals surface area contributed by atoms with Gasteiger partial charge in [0.25, 0.3) is 0 Å². The average molecular weight is 240 g/mol. The van der Waals surface area contributed by atoms with E-state index < -0.39 is 0 Å². The SMILES string of the molecule is C=C(CNCC)COCc1ccccc1Cl. The van der Waals surface area contributed by atoms with Crippen LogP contribution in [0.25, 0.3) is 0 Å². The van der Waals surface area contributed by atoms with Gasteiger partial charge in [-0.3, -0.25) is 0 Å². The average Bonchev–Trinajstić information content (AvgIpc) is 2.29. The molecule has 2 nitrogen and oxygen atoms in total. The molecular weight excluding hydrogens is 222 g/mol. The molecule has 0 amide bonds. The van der Waals surface area contributed by atoms with Crippen LogP contribution in [0.1, 0.15) is 12.5 Å². The van der Waals surface area contributed by atoms with Gasteiger partial charge < -0.3 is 10.1 Å². The molecule has 0 bridgehead atoms. The van der Waals surface area contributed by atoms with Gasteiger partial charge in [0, 0.05) is 11.6 Å². The van der Waals surface area contributed by atoms with Crippen molar-refractivity contribution in [3.8, 4) is 0 Å². The molecule has 1 rings (SSSR count). The lowest BCUT2D eigenvalue weighted by Gasteiger charge is -2.08. The van der Waals surface area contributed by atoms with Crippen molar-refractivity contribution in [1.82, 2.24) is 5.32 Å². The summed E-state index contributed by atoms with van der Waals surface area (Å²) in [5, 5.41) is 3.95. The molecule has 88 valence electrons. The molecule has 0 saturated heterocycles. The number of rotatable bonds is 7. The van der Waals surface area contributed by atoms with Gasteiger partial charge in [0.15, 0.2) is 0 Å². The molecule has 0 spiro atoms. The van der Waals surface area contributed by atoms with E-state index in [9.17, 15) is 0 Å². The first-order valence-electron chi connectivity index (χ1n) is 5.42. The summed E-state index contributed by atoms with van der Waals surface area (Å²) in [4.78, 5) is 0. The van der Waals surface area contributed by atoms with Crippen LogP contribution in [0.3, 0.4) is 0 Å². The monoisotopic (exact) mass is 239 g/mol. The van der Waals surface area contributed by atoms with Crippen molar-refractivity contribution in [3.05, 3.63) is 47.0 Å². The second-order valence-electron chi connectivity index (χ2n) is 3.61. The van der Waals surface area contributed by atoms with Crippen molar-refractivity contribution >= 4 is 11.6 Å². The number of halogens is 1. The van der Waals surface area contributed by atoms with E-state index in [0.29, 0.717) is 13.2 Å². The van der Waals surface area contributed by atoms with Crippen molar-refractivity contribution in [2.24, 2.45) is 0 Å². The fourth-order valence-electron chi connectivity index (χ4n) is 1.27. The Morgan fingerprint density at radius 1 is 1.44 bits per heavy atom. The van der Waals surface area contributed by atoms with Gasteiger partial charge >= 0.3 is 0 Å². The van der Waals surface area contributed by atoms with Crippen LogP contribution in [0.15, 0.2) is 36.4 Å². The Balaban J connectivity index is 2.25. The lowest BCUT2D eigenvalue weighted by Crippen LogP contribution is -2.18. The summed E-state index contributed by atoms with van der Waals surface area (Å²) >= 11 is 6.01. The number of benzene rings is 1. The molecular formula is C13H18ClNO. The van der Waals surface area contributed by atoms with E-state index in [2.05, 4.69) is 18.8 Å². The Kier molecular flexibility index (Phi) is 6.16. The number of ether oxygens (including phenoxy) is 1. The van der Waals surface area contributed by atoms with Gasteiger partial charge in [0.05, 0.1) is 13.2 Å². The molecule has 0 aromatic heterocycles. The molecule has 0 aliphatic rings. The van der Waals surface area contributed by atoms with Crippen molar-refractivity contribution in [1.29, 1.82) is 0 Å². The predicted molar refractivity (Wildman–Crippen MR) is 68.8 cm³/mol. The molecule has 16 heavy (non-hydrogen) atoms. The van der Waals surface area contributed by atoms with Gasteiger partial charge in [-0.25, -0.2) is 0 Å². The first kappa shape index (κ1) is 13.2. The van der Waals surface area contributed by atoms with Crippen LogP contribution in [0.4, 0.5) is 0 Å². The maximum absolute atomic E-state index is 6.01. The molecule has 1 N–H and O–H groups in total. The molecule has 3 heteroatoms. The van der Waals surface area contributed by atoms with Crippen LogP contribution >= 0.6 is 11.6 Å². The zero-order chi connectivity index (χ0) is 11.8. The minimum absolute atomic E-state index is 0.533. The van der Waals surface area contributed by atoms with Gasteiger partial charge in [-0.2, -0.15) is 0 Å². The van der Waals surface area contributed by atoms with Gasteiger partial charge in [-0.05, 0) is 23.7 Å². The Morgan fingerprint density at radius 3 is 2.88 bits per heavy atom. The molecule has 0 atom stereocenters. The maximum atomic E-state index is 6.01. The Labute approximate surface area is 102 Å². The van der Waals surface area contributed by atoms with Crippen LogP contribution in [-0.4, -0.2) is 19.7 Å². The van der Waals surface area contributed by atoms with E-state index in [0.717, 1.165) is 29.2 Å². The zero-order valence-corrected chi connectivity index (χ0v) is 10.4. The second-order valence-corrected chi connectivity index (χ2v) is 4.02. The molecule has 0 heterocycles. The number of hydrogen-bond donors (Lipinski definition) is 1. The highest BCUT2D eigenvalue weighted by Gasteiger charge is 1.99. The minimum atomic E-state index is 0.533. The van der Waals surface area contributed by atoms with Crippen LogP contribution in [0.5, 0.6) is 0 Å². The third kappa shape index (κ3) is 4.79. The van der Waals surface area contributed by atoms with Gasteiger partial charge in [0.1, 0.15) is 0 Å². The first-order valence-corrected chi connectivity index (χ1v) is 5.80. The summed E-state index contributed by atoms with van der Waals surface area (Å²) in [6.45, 7) is 8.85. The van der Waals surface area contributed by atoms with Crippen molar-refractivity contribution in [2.45, 2.75) is 13.5 Å². The fourth-order valence-corrected chi connectivity index (χ4v) is 1.46. The molecule has 0 fully saturated rings. The van der Waals surface area contributed by atoms with Crippen LogP contribution < -0.4 is 5.32 Å². The quantitative estimate of drug-likeness (QED) is 0.739. The van der Waals surface area contributed by atoms with E-state index in [-0.39, 0.29) is 0 Å². The summed E-state index contributed by atoms with van der Waals surface area (Å²) < 4.78 is 5.54. The Hall–Kier alpha value is -0.830. The van der Waals surface area contributed by atoms with Gasteiger partial charge in [-0.15, -0.1) is 0 Å². The largest absolute Gasteiger partial charge is 0.372 e. The molecule has 1 aromatic rings. The predicted octanol–water partition coefficient (Wildman–Crippen LogP) is 3.02. The Morgan fingerprint density at radius 2 is 2.19 bits per heavy atom. The lowest BCUT2D eigenvalue weighted by atomic mass is 10.2. The number of nitrogens with one attached hydrogen (secondary N) is 1. The normalized spacial score (nSPS) is 10.4. The highest BCUT2D eigenvalue weighted by Crippen LogP contribution is 2.15. The lowest BCUT2D eigenvalue weighted by molar-refractivity contribution is 0.141. The van der Waals surface area contributed by atoms with Crippen LogP contribution in [0.2, 0.25) is 5.02 Å². The summed E-state index contributed by atoms with van der Waals surface area (Å²) in [5.41, 5.74) is 2.06. The molecule has 0 radical (unpaired) electrons. The van der Waals surface area contributed by atoms with E-state index in [1.54, 1.807) is 0 Å². The minimum Gasteiger partial charge on any atom is -0.372 e. The fraction of sp³-hybridized carbons (Fsp3) is 0.385. The van der Waals surface area contributed by atoms with Gasteiger partial charge in [-0.1, -0.05) is 43.3 Å². The summed E-state index contributed by atoms with van der Waals surface area (Å²) in [6, 6.07) is 7.71. The summed E-state index contributed by atoms with van der Waals surface area (Å²) in [5.74, 6) is 0. The first-order chi connectivity index (χ1) is 7.74. The summed E-state index contributed by atoms with van der Waals surface area (Å²) in [7, 11) is 0. The van der Waals surface area contributed by atoms with Crippen molar-refractivity contribution < 1.29 is 4.74 Å². The Bertz CT molecular complexity index is 338. The molecule has 0 saturated carbocycles. The highest BCUT2D eigenvalue weighted by molar-refractivity contribution is 6.31. The van der Waals surface area contributed by atoms with Gasteiger partial charge in [0.2, 0.25) is 0 Å². The van der Waals surface area contributed by atoms with Crippen molar-refractivity contribution in [3.63, 3.8) is 0 Å². The third-order valence-corrected chi connectivity index (χ3v) is 2.52. The molecule has 0 aliphatic carbocycles. The van der Waals surface area contributed by atoms with E-state index in [4.69, 9.17) is 16.3 Å². The topological polar surface area (TPSA) is 21.3 Å². The maximum Gasteiger partial charge on any atom is 0.0735 e. The molecule has 0 aliphatic heterocycles. The highest BCUT2D eigenvalue weighted by atomic mass is 35.5. The van der Waals surface area contributed by atoms with Crippen molar-refractivity contribution in [2.75, 3.05) is 19.7 Å². The van der Waals surface area contributed by atoms with E-state index >= 15 is 0 Å². The molecule has 0 unspecified atom stereocenters. The number of likely N-dealkylation sites (N-methyl/N-ethyl adjacent to an activating group) is 1. The molecule has 1 aromatic carbocycles. The van der Waals surface area contributed by atoms with E-state index in [1.807, 2.05) is 24.3 Å². The zero-order valence-electron chi connectivity index (χ0n) is 9.63.